The predicted molar refractivity (Wildman–Crippen MR) is 75.7 cm³/mol. The van der Waals surface area contributed by atoms with E-state index in [1.54, 1.807) is 0 Å². The molecule has 0 saturated heterocycles. The van der Waals surface area contributed by atoms with Gasteiger partial charge in [-0.3, -0.25) is 0 Å². The van der Waals surface area contributed by atoms with Crippen LogP contribution in [-0.2, 0) is 0 Å². The SMILES string of the molecule is Cc1cccc(OC(C)c2nc(C3CCCC3)no2)c1. The molecular formula is C16H20N2O2. The van der Waals surface area contributed by atoms with Gasteiger partial charge in [0.1, 0.15) is 5.75 Å². The first kappa shape index (κ1) is 13.2. The first-order valence-corrected chi connectivity index (χ1v) is 7.29. The van der Waals surface area contributed by atoms with E-state index in [-0.39, 0.29) is 6.10 Å². The fourth-order valence-corrected chi connectivity index (χ4v) is 2.71. The highest BCUT2D eigenvalue weighted by molar-refractivity contribution is 5.27. The van der Waals surface area contributed by atoms with Crippen molar-refractivity contribution in [1.29, 1.82) is 0 Å². The van der Waals surface area contributed by atoms with Crippen LogP contribution in [0.2, 0.25) is 0 Å². The molecule has 4 nitrogen and oxygen atoms in total. The van der Waals surface area contributed by atoms with Gasteiger partial charge in [0.2, 0.25) is 0 Å². The minimum absolute atomic E-state index is 0.223. The number of nitrogens with zero attached hydrogens (tertiary/aromatic N) is 2. The molecule has 0 aliphatic heterocycles. The van der Waals surface area contributed by atoms with E-state index < -0.39 is 0 Å². The van der Waals surface area contributed by atoms with Crippen molar-refractivity contribution in [2.75, 3.05) is 0 Å². The van der Waals surface area contributed by atoms with E-state index >= 15 is 0 Å². The highest BCUT2D eigenvalue weighted by atomic mass is 16.5. The van der Waals surface area contributed by atoms with Crippen LogP contribution in [0.25, 0.3) is 0 Å². The molecule has 1 aliphatic rings. The summed E-state index contributed by atoms with van der Waals surface area (Å²) in [5.41, 5.74) is 1.17. The Morgan fingerprint density at radius 1 is 1.30 bits per heavy atom. The molecule has 1 saturated carbocycles. The van der Waals surface area contributed by atoms with Crippen molar-refractivity contribution in [1.82, 2.24) is 10.1 Å². The molecule has 0 amide bonds. The fraction of sp³-hybridized carbons (Fsp3) is 0.500. The second-order valence-corrected chi connectivity index (χ2v) is 5.55. The van der Waals surface area contributed by atoms with E-state index in [0.29, 0.717) is 11.8 Å². The van der Waals surface area contributed by atoms with Gasteiger partial charge in [0.25, 0.3) is 5.89 Å². The summed E-state index contributed by atoms with van der Waals surface area (Å²) >= 11 is 0. The van der Waals surface area contributed by atoms with Crippen LogP contribution in [0.1, 0.15) is 61.9 Å². The van der Waals surface area contributed by atoms with Crippen molar-refractivity contribution in [2.45, 2.75) is 51.6 Å². The summed E-state index contributed by atoms with van der Waals surface area (Å²) in [6.45, 7) is 3.98. The molecule has 2 aromatic rings. The zero-order chi connectivity index (χ0) is 13.9. The monoisotopic (exact) mass is 272 g/mol. The Hall–Kier alpha value is -1.84. The molecule has 4 heteroatoms. The molecule has 1 aromatic carbocycles. The van der Waals surface area contributed by atoms with Crippen LogP contribution in [-0.4, -0.2) is 10.1 Å². The Morgan fingerprint density at radius 3 is 2.85 bits per heavy atom. The van der Waals surface area contributed by atoms with Crippen LogP contribution in [0.15, 0.2) is 28.8 Å². The number of hydrogen-bond donors (Lipinski definition) is 0. The van der Waals surface area contributed by atoms with Crippen LogP contribution in [0.3, 0.4) is 0 Å². The standard InChI is InChI=1S/C16H20N2O2/c1-11-6-5-9-14(10-11)19-12(2)16-17-15(18-20-16)13-7-3-4-8-13/h5-6,9-10,12-13H,3-4,7-8H2,1-2H3. The average Bonchev–Trinajstić information content (AvgIpc) is 3.10. The van der Waals surface area contributed by atoms with Gasteiger partial charge >= 0.3 is 0 Å². The van der Waals surface area contributed by atoms with Gasteiger partial charge < -0.3 is 9.26 Å². The van der Waals surface area contributed by atoms with Crippen molar-refractivity contribution < 1.29 is 9.26 Å². The first-order chi connectivity index (χ1) is 9.72. The summed E-state index contributed by atoms with van der Waals surface area (Å²) in [6.07, 6.45) is 4.66. The highest BCUT2D eigenvalue weighted by Crippen LogP contribution is 2.33. The molecule has 0 radical (unpaired) electrons. The first-order valence-electron chi connectivity index (χ1n) is 7.29. The van der Waals surface area contributed by atoms with Gasteiger partial charge in [0.15, 0.2) is 11.9 Å². The lowest BCUT2D eigenvalue weighted by molar-refractivity contribution is 0.175. The van der Waals surface area contributed by atoms with Gasteiger partial charge in [0, 0.05) is 5.92 Å². The normalized spacial score (nSPS) is 17.3. The van der Waals surface area contributed by atoms with E-state index in [2.05, 4.69) is 10.1 Å². The second-order valence-electron chi connectivity index (χ2n) is 5.55. The minimum Gasteiger partial charge on any atom is -0.481 e. The van der Waals surface area contributed by atoms with Gasteiger partial charge in [-0.15, -0.1) is 0 Å². The Labute approximate surface area is 119 Å². The lowest BCUT2D eigenvalue weighted by atomic mass is 10.1. The molecule has 3 rings (SSSR count). The molecule has 1 unspecified atom stereocenters. The molecule has 1 atom stereocenters. The summed E-state index contributed by atoms with van der Waals surface area (Å²) in [7, 11) is 0. The van der Waals surface area contributed by atoms with Gasteiger partial charge in [-0.2, -0.15) is 4.98 Å². The third-order valence-corrected chi connectivity index (χ3v) is 3.83. The van der Waals surface area contributed by atoms with Crippen molar-refractivity contribution in [2.24, 2.45) is 0 Å². The number of ether oxygens (including phenoxy) is 1. The Balaban J connectivity index is 1.69. The van der Waals surface area contributed by atoms with E-state index in [1.165, 1.54) is 31.2 Å². The van der Waals surface area contributed by atoms with E-state index in [4.69, 9.17) is 9.26 Å². The number of benzene rings is 1. The molecule has 1 heterocycles. The molecule has 0 spiro atoms. The maximum atomic E-state index is 5.86. The maximum absolute atomic E-state index is 5.86. The van der Waals surface area contributed by atoms with Crippen LogP contribution in [0.5, 0.6) is 5.75 Å². The Kier molecular flexibility index (Phi) is 3.72. The summed E-state index contributed by atoms with van der Waals surface area (Å²) in [5, 5.41) is 4.11. The van der Waals surface area contributed by atoms with Gasteiger partial charge in [-0.25, -0.2) is 0 Å². The molecule has 20 heavy (non-hydrogen) atoms. The molecule has 106 valence electrons. The van der Waals surface area contributed by atoms with Crippen molar-refractivity contribution in [3.8, 4) is 5.75 Å². The number of rotatable bonds is 4. The van der Waals surface area contributed by atoms with Crippen molar-refractivity contribution >= 4 is 0 Å². The summed E-state index contributed by atoms with van der Waals surface area (Å²) in [4.78, 5) is 4.51. The third-order valence-electron chi connectivity index (χ3n) is 3.83. The van der Waals surface area contributed by atoms with Crippen molar-refractivity contribution in [3.05, 3.63) is 41.5 Å². The summed E-state index contributed by atoms with van der Waals surface area (Å²) < 4.78 is 11.2. The van der Waals surface area contributed by atoms with E-state index in [1.807, 2.05) is 38.1 Å². The minimum atomic E-state index is -0.223. The quantitative estimate of drug-likeness (QED) is 0.837. The maximum Gasteiger partial charge on any atom is 0.267 e. The van der Waals surface area contributed by atoms with Gasteiger partial charge in [0.05, 0.1) is 0 Å². The second kappa shape index (κ2) is 5.65. The number of aromatic nitrogens is 2. The van der Waals surface area contributed by atoms with Crippen LogP contribution >= 0.6 is 0 Å². The van der Waals surface area contributed by atoms with Crippen molar-refractivity contribution in [3.63, 3.8) is 0 Å². The molecule has 1 fully saturated rings. The molecule has 1 aromatic heterocycles. The number of hydrogen-bond acceptors (Lipinski definition) is 4. The Bertz CT molecular complexity index is 573. The van der Waals surface area contributed by atoms with E-state index in [9.17, 15) is 0 Å². The lowest BCUT2D eigenvalue weighted by Gasteiger charge is -2.11. The lowest BCUT2D eigenvalue weighted by Crippen LogP contribution is -2.04. The largest absolute Gasteiger partial charge is 0.481 e. The van der Waals surface area contributed by atoms with E-state index in [0.717, 1.165) is 11.6 Å². The summed E-state index contributed by atoms with van der Waals surface area (Å²) in [5.74, 6) is 2.71. The average molecular weight is 272 g/mol. The molecule has 1 aliphatic carbocycles. The molecule has 0 bridgehead atoms. The zero-order valence-electron chi connectivity index (χ0n) is 12.0. The molecular weight excluding hydrogens is 252 g/mol. The summed E-state index contributed by atoms with van der Waals surface area (Å²) in [6, 6.07) is 7.97. The zero-order valence-corrected chi connectivity index (χ0v) is 12.0. The Morgan fingerprint density at radius 2 is 2.10 bits per heavy atom. The van der Waals surface area contributed by atoms with Crippen LogP contribution in [0, 0.1) is 6.92 Å². The van der Waals surface area contributed by atoms with Crippen LogP contribution < -0.4 is 4.74 Å². The smallest absolute Gasteiger partial charge is 0.267 e. The topological polar surface area (TPSA) is 48.2 Å². The fourth-order valence-electron chi connectivity index (χ4n) is 2.71. The highest BCUT2D eigenvalue weighted by Gasteiger charge is 2.24. The molecule has 0 N–H and O–H groups in total. The van der Waals surface area contributed by atoms with Gasteiger partial charge in [-0.1, -0.05) is 30.1 Å². The number of aryl methyl sites for hydroxylation is 1. The third kappa shape index (κ3) is 2.84. The predicted octanol–water partition coefficient (Wildman–Crippen LogP) is 4.18. The van der Waals surface area contributed by atoms with Gasteiger partial charge in [-0.05, 0) is 44.4 Å². The van der Waals surface area contributed by atoms with Crippen LogP contribution in [0.4, 0.5) is 0 Å².